The summed E-state index contributed by atoms with van der Waals surface area (Å²) in [5, 5.41) is 0. The minimum Gasteiger partial charge on any atom is -0.385 e. The van der Waals surface area contributed by atoms with Crippen LogP contribution in [0.15, 0.2) is 29.2 Å². The average Bonchev–Trinajstić information content (AvgIpc) is 2.35. The molecule has 0 N–H and O–H groups in total. The van der Waals surface area contributed by atoms with Crippen LogP contribution in [0.25, 0.3) is 0 Å². The summed E-state index contributed by atoms with van der Waals surface area (Å²) in [4.78, 5) is 13.2. The summed E-state index contributed by atoms with van der Waals surface area (Å²) in [5.41, 5.74) is 0.793. The summed E-state index contributed by atoms with van der Waals surface area (Å²) in [6, 6.07) is 7.77. The summed E-state index contributed by atoms with van der Waals surface area (Å²) in [6.45, 7) is 2.58. The molecular formula is C13H18O2S. The fourth-order valence-corrected chi connectivity index (χ4v) is 1.87. The number of benzene rings is 1. The zero-order chi connectivity index (χ0) is 12.0. The molecule has 1 aromatic carbocycles. The number of carbonyl (C=O) groups excluding carboxylic acids is 1. The third-order valence-electron chi connectivity index (χ3n) is 2.58. The highest BCUT2D eigenvalue weighted by Crippen LogP contribution is 2.17. The molecule has 0 spiro atoms. The van der Waals surface area contributed by atoms with Gasteiger partial charge in [0, 0.05) is 30.1 Å². The molecule has 0 radical (unpaired) electrons. The van der Waals surface area contributed by atoms with Gasteiger partial charge in [-0.15, -0.1) is 11.8 Å². The van der Waals surface area contributed by atoms with Crippen molar-refractivity contribution in [3.05, 3.63) is 29.8 Å². The number of thioether (sulfide) groups is 1. The lowest BCUT2D eigenvalue weighted by Gasteiger charge is -2.09. The van der Waals surface area contributed by atoms with E-state index in [1.54, 1.807) is 18.9 Å². The summed E-state index contributed by atoms with van der Waals surface area (Å²) in [5.74, 6) is 0.227. The number of ketones is 1. The average molecular weight is 238 g/mol. The van der Waals surface area contributed by atoms with Gasteiger partial charge in [0.1, 0.15) is 0 Å². The van der Waals surface area contributed by atoms with Crippen molar-refractivity contribution >= 4 is 17.5 Å². The van der Waals surface area contributed by atoms with Gasteiger partial charge >= 0.3 is 0 Å². The first-order chi connectivity index (χ1) is 7.69. The molecule has 0 aliphatic carbocycles. The number of hydrogen-bond donors (Lipinski definition) is 0. The van der Waals surface area contributed by atoms with Gasteiger partial charge in [-0.25, -0.2) is 0 Å². The first kappa shape index (κ1) is 13.3. The van der Waals surface area contributed by atoms with Gasteiger partial charge in [-0.2, -0.15) is 0 Å². The van der Waals surface area contributed by atoms with E-state index >= 15 is 0 Å². The van der Waals surface area contributed by atoms with Crippen LogP contribution in [-0.2, 0) is 4.74 Å². The van der Waals surface area contributed by atoms with Crippen molar-refractivity contribution in [3.8, 4) is 0 Å². The van der Waals surface area contributed by atoms with E-state index in [9.17, 15) is 4.79 Å². The van der Waals surface area contributed by atoms with Gasteiger partial charge < -0.3 is 4.74 Å². The van der Waals surface area contributed by atoms with Crippen LogP contribution >= 0.6 is 11.8 Å². The van der Waals surface area contributed by atoms with Gasteiger partial charge in [0.05, 0.1) is 0 Å². The molecule has 3 heteroatoms. The molecule has 0 aliphatic heterocycles. The molecule has 16 heavy (non-hydrogen) atoms. The topological polar surface area (TPSA) is 26.3 Å². The third kappa shape index (κ3) is 3.65. The van der Waals surface area contributed by atoms with Crippen LogP contribution in [-0.4, -0.2) is 25.8 Å². The minimum atomic E-state index is 0.0279. The summed E-state index contributed by atoms with van der Waals surface area (Å²) >= 11 is 1.68. The minimum absolute atomic E-state index is 0.0279. The summed E-state index contributed by atoms with van der Waals surface area (Å²) < 4.78 is 4.98. The number of Topliss-reactive ketones (excluding diaryl/α,β-unsaturated/α-hetero) is 1. The highest BCUT2D eigenvalue weighted by Gasteiger charge is 2.14. The van der Waals surface area contributed by atoms with Crippen LogP contribution in [0.1, 0.15) is 23.7 Å². The Morgan fingerprint density at radius 2 is 2.00 bits per heavy atom. The lowest BCUT2D eigenvalue weighted by Crippen LogP contribution is -2.13. The van der Waals surface area contributed by atoms with Crippen molar-refractivity contribution in [2.24, 2.45) is 5.92 Å². The second-order valence-electron chi connectivity index (χ2n) is 3.78. The van der Waals surface area contributed by atoms with Crippen molar-refractivity contribution in [3.63, 3.8) is 0 Å². The molecule has 88 valence electrons. The second-order valence-corrected chi connectivity index (χ2v) is 4.65. The fraction of sp³-hybridized carbons (Fsp3) is 0.462. The zero-order valence-corrected chi connectivity index (χ0v) is 10.8. The van der Waals surface area contributed by atoms with Crippen molar-refractivity contribution < 1.29 is 9.53 Å². The monoisotopic (exact) mass is 238 g/mol. The maximum atomic E-state index is 12.0. The number of hydrogen-bond acceptors (Lipinski definition) is 3. The standard InChI is InChI=1S/C13H18O2S/c1-10(8-9-15-2)13(14)11-4-6-12(16-3)7-5-11/h4-7,10H,8-9H2,1-3H3. The van der Waals surface area contributed by atoms with Gasteiger partial charge in [0.2, 0.25) is 0 Å². The number of ether oxygens (including phenoxy) is 1. The molecule has 0 amide bonds. The Morgan fingerprint density at radius 1 is 1.38 bits per heavy atom. The number of methoxy groups -OCH3 is 1. The Morgan fingerprint density at radius 3 is 2.50 bits per heavy atom. The highest BCUT2D eigenvalue weighted by molar-refractivity contribution is 7.98. The maximum absolute atomic E-state index is 12.0. The van der Waals surface area contributed by atoms with Crippen molar-refractivity contribution in [1.29, 1.82) is 0 Å². The van der Waals surface area contributed by atoms with Gasteiger partial charge in [-0.05, 0) is 24.8 Å². The molecule has 0 aliphatic rings. The van der Waals surface area contributed by atoms with Gasteiger partial charge in [0.15, 0.2) is 5.78 Å². The molecule has 0 fully saturated rings. The molecule has 0 saturated carbocycles. The third-order valence-corrected chi connectivity index (χ3v) is 3.32. The fourth-order valence-electron chi connectivity index (χ4n) is 1.47. The van der Waals surface area contributed by atoms with E-state index in [4.69, 9.17) is 4.74 Å². The summed E-state index contributed by atoms with van der Waals surface area (Å²) in [7, 11) is 1.66. The van der Waals surface area contributed by atoms with E-state index in [0.717, 1.165) is 12.0 Å². The Balaban J connectivity index is 2.64. The van der Waals surface area contributed by atoms with E-state index in [2.05, 4.69) is 0 Å². The van der Waals surface area contributed by atoms with Crippen molar-refractivity contribution in [1.82, 2.24) is 0 Å². The lowest BCUT2D eigenvalue weighted by molar-refractivity contribution is 0.0893. The van der Waals surface area contributed by atoms with E-state index in [1.165, 1.54) is 4.90 Å². The first-order valence-electron chi connectivity index (χ1n) is 5.36. The van der Waals surface area contributed by atoms with Crippen LogP contribution < -0.4 is 0 Å². The van der Waals surface area contributed by atoms with Crippen LogP contribution in [0, 0.1) is 5.92 Å². The molecule has 0 aromatic heterocycles. The van der Waals surface area contributed by atoms with E-state index < -0.39 is 0 Å². The van der Waals surface area contributed by atoms with E-state index in [-0.39, 0.29) is 11.7 Å². The normalized spacial score (nSPS) is 12.4. The highest BCUT2D eigenvalue weighted by atomic mass is 32.2. The van der Waals surface area contributed by atoms with Crippen LogP contribution in [0.5, 0.6) is 0 Å². The Bertz CT molecular complexity index is 332. The predicted octanol–water partition coefficient (Wildman–Crippen LogP) is 3.26. The van der Waals surface area contributed by atoms with Gasteiger partial charge in [-0.3, -0.25) is 4.79 Å². The zero-order valence-electron chi connectivity index (χ0n) is 10.0. The molecule has 2 nitrogen and oxygen atoms in total. The quantitative estimate of drug-likeness (QED) is 0.562. The van der Waals surface area contributed by atoms with Gasteiger partial charge in [-0.1, -0.05) is 19.1 Å². The maximum Gasteiger partial charge on any atom is 0.165 e. The van der Waals surface area contributed by atoms with Crippen molar-refractivity contribution in [2.45, 2.75) is 18.2 Å². The van der Waals surface area contributed by atoms with Crippen LogP contribution in [0.2, 0.25) is 0 Å². The smallest absolute Gasteiger partial charge is 0.165 e. The van der Waals surface area contributed by atoms with Crippen LogP contribution in [0.4, 0.5) is 0 Å². The van der Waals surface area contributed by atoms with Crippen molar-refractivity contribution in [2.75, 3.05) is 20.0 Å². The second kappa shape index (κ2) is 6.71. The molecule has 1 atom stereocenters. The van der Waals surface area contributed by atoms with Crippen LogP contribution in [0.3, 0.4) is 0 Å². The molecule has 0 heterocycles. The molecule has 0 saturated heterocycles. The number of carbonyl (C=O) groups is 1. The first-order valence-corrected chi connectivity index (χ1v) is 6.58. The summed E-state index contributed by atoms with van der Waals surface area (Å²) in [6.07, 6.45) is 2.80. The SMILES string of the molecule is COCCC(C)C(=O)c1ccc(SC)cc1. The largest absolute Gasteiger partial charge is 0.385 e. The van der Waals surface area contributed by atoms with E-state index in [0.29, 0.717) is 6.61 Å². The molecule has 0 bridgehead atoms. The van der Waals surface area contributed by atoms with Gasteiger partial charge in [0.25, 0.3) is 0 Å². The predicted molar refractivity (Wildman–Crippen MR) is 68.2 cm³/mol. The molecule has 1 aromatic rings. The Labute approximate surface area is 101 Å². The molecular weight excluding hydrogens is 220 g/mol. The van der Waals surface area contributed by atoms with E-state index in [1.807, 2.05) is 37.4 Å². The lowest BCUT2D eigenvalue weighted by atomic mass is 9.97. The Kier molecular flexibility index (Phi) is 5.56. The molecule has 1 rings (SSSR count). The molecule has 1 unspecified atom stereocenters. The Hall–Kier alpha value is -0.800. The number of rotatable bonds is 6.